The summed E-state index contributed by atoms with van der Waals surface area (Å²) in [5.74, 6) is -1.41. The van der Waals surface area contributed by atoms with Crippen molar-refractivity contribution < 1.29 is 18.0 Å². The molecule has 0 radical (unpaired) electrons. The molecule has 7 nitrogen and oxygen atoms in total. The number of fused-ring (bicyclic) bond motifs is 1. The molecule has 4 rings (SSSR count). The van der Waals surface area contributed by atoms with Gasteiger partial charge in [0.25, 0.3) is 18.1 Å². The molecule has 1 aliphatic heterocycles. The summed E-state index contributed by atoms with van der Waals surface area (Å²) in [4.78, 5) is 26.1. The Bertz CT molecular complexity index is 1120. The van der Waals surface area contributed by atoms with Crippen LogP contribution in [0.2, 0.25) is 5.15 Å². The number of nitrogens with zero attached hydrogens (tertiary/aromatic N) is 6. The number of likely N-dealkylation sites (tertiary alicyclic amines) is 1. The molecule has 3 aromatic rings. The maximum atomic E-state index is 14.5. The fourth-order valence-electron chi connectivity index (χ4n) is 3.81. The summed E-state index contributed by atoms with van der Waals surface area (Å²) in [7, 11) is 0. The highest BCUT2D eigenvalue weighted by Gasteiger charge is 2.34. The van der Waals surface area contributed by atoms with Crippen LogP contribution in [-0.2, 0) is 0 Å². The van der Waals surface area contributed by atoms with Gasteiger partial charge >= 0.3 is 0 Å². The Balaban J connectivity index is 1.71. The highest BCUT2D eigenvalue weighted by atomic mass is 35.5. The number of carbonyl (C=O) groups is 1. The van der Waals surface area contributed by atoms with Gasteiger partial charge in [-0.05, 0) is 31.4 Å². The largest absolute Gasteiger partial charge is 0.338 e. The van der Waals surface area contributed by atoms with E-state index in [0.29, 0.717) is 18.7 Å². The van der Waals surface area contributed by atoms with Crippen LogP contribution in [0.25, 0.3) is 5.78 Å². The van der Waals surface area contributed by atoms with E-state index in [9.17, 15) is 18.0 Å². The van der Waals surface area contributed by atoms with Crippen LogP contribution in [0.4, 0.5) is 13.2 Å². The Hall–Kier alpha value is -2.75. The third kappa shape index (κ3) is 3.60. The van der Waals surface area contributed by atoms with Gasteiger partial charge < -0.3 is 4.90 Å². The van der Waals surface area contributed by atoms with E-state index in [-0.39, 0.29) is 40.6 Å². The maximum absolute atomic E-state index is 14.5. The third-order valence-electron chi connectivity index (χ3n) is 5.47. The van der Waals surface area contributed by atoms with Gasteiger partial charge in [0.1, 0.15) is 17.2 Å². The zero-order valence-corrected chi connectivity index (χ0v) is 16.9. The van der Waals surface area contributed by atoms with Crippen molar-refractivity contribution in [1.29, 1.82) is 0 Å². The van der Waals surface area contributed by atoms with Crippen LogP contribution in [-0.4, -0.2) is 48.5 Å². The van der Waals surface area contributed by atoms with E-state index >= 15 is 0 Å². The van der Waals surface area contributed by atoms with E-state index in [1.165, 1.54) is 34.8 Å². The number of aromatic nitrogens is 5. The summed E-state index contributed by atoms with van der Waals surface area (Å²) in [6.07, 6.45) is -0.912. The van der Waals surface area contributed by atoms with Crippen molar-refractivity contribution >= 4 is 23.3 Å². The molecule has 30 heavy (non-hydrogen) atoms. The number of hydrogen-bond donors (Lipinski definition) is 0. The monoisotopic (exact) mass is 438 g/mol. The van der Waals surface area contributed by atoms with E-state index in [4.69, 9.17) is 11.6 Å². The SMILES string of the molecule is Cc1nc(Cl)cc(C(=O)N2CC[C@@H](C)[C@H](c3cc(C(F)F)nc4ncnn34)C2)c1F. The summed E-state index contributed by atoms with van der Waals surface area (Å²) in [5.41, 5.74) is -0.0338. The van der Waals surface area contributed by atoms with Crippen LogP contribution in [0, 0.1) is 18.7 Å². The van der Waals surface area contributed by atoms with E-state index in [1.54, 1.807) is 0 Å². The Morgan fingerprint density at radius 3 is 2.80 bits per heavy atom. The van der Waals surface area contributed by atoms with Gasteiger partial charge in [-0.15, -0.1) is 0 Å². The predicted molar refractivity (Wildman–Crippen MR) is 102 cm³/mol. The molecule has 0 spiro atoms. The minimum atomic E-state index is -2.77. The molecule has 1 aliphatic rings. The smallest absolute Gasteiger partial charge is 0.280 e. The minimum absolute atomic E-state index is 0.0270. The topological polar surface area (TPSA) is 76.3 Å². The fraction of sp³-hybridized carbons (Fsp3) is 0.421. The Kier molecular flexibility index (Phi) is 5.35. The van der Waals surface area contributed by atoms with Crippen LogP contribution in [0.1, 0.15) is 53.1 Å². The fourth-order valence-corrected chi connectivity index (χ4v) is 4.05. The van der Waals surface area contributed by atoms with E-state index < -0.39 is 23.8 Å². The van der Waals surface area contributed by atoms with Crippen molar-refractivity contribution in [2.24, 2.45) is 5.92 Å². The van der Waals surface area contributed by atoms with Crippen molar-refractivity contribution in [2.75, 3.05) is 13.1 Å². The lowest BCUT2D eigenvalue weighted by Gasteiger charge is -2.37. The number of piperidine rings is 1. The van der Waals surface area contributed by atoms with Crippen molar-refractivity contribution in [1.82, 2.24) is 29.5 Å². The molecule has 0 saturated carbocycles. The standard InChI is InChI=1S/C19H18ClF3N6O/c1-9-3-4-28(18(30)11-5-15(20)26-10(2)16(11)21)7-12(9)14-6-13(17(22)23)27-19-24-8-25-29(14)19/h5-6,8-9,12,17H,3-4,7H2,1-2H3/t9-,12-/m1/s1. The van der Waals surface area contributed by atoms with Gasteiger partial charge in [-0.3, -0.25) is 4.79 Å². The average molecular weight is 439 g/mol. The lowest BCUT2D eigenvalue weighted by Crippen LogP contribution is -2.43. The quantitative estimate of drug-likeness (QED) is 0.581. The minimum Gasteiger partial charge on any atom is -0.338 e. The molecule has 1 saturated heterocycles. The first kappa shape index (κ1) is 20.5. The van der Waals surface area contributed by atoms with E-state index in [2.05, 4.69) is 20.1 Å². The molecule has 0 aromatic carbocycles. The molecular weight excluding hydrogens is 421 g/mol. The van der Waals surface area contributed by atoms with Crippen LogP contribution < -0.4 is 0 Å². The molecule has 0 bridgehead atoms. The number of rotatable bonds is 3. The Morgan fingerprint density at radius 1 is 1.30 bits per heavy atom. The van der Waals surface area contributed by atoms with Crippen molar-refractivity contribution in [3.63, 3.8) is 0 Å². The van der Waals surface area contributed by atoms with Crippen LogP contribution >= 0.6 is 11.6 Å². The van der Waals surface area contributed by atoms with Gasteiger partial charge in [0.2, 0.25) is 0 Å². The summed E-state index contributed by atoms with van der Waals surface area (Å²) in [5, 5.41) is 4.13. The van der Waals surface area contributed by atoms with Crippen molar-refractivity contribution in [3.8, 4) is 0 Å². The molecule has 11 heteroatoms. The maximum Gasteiger partial charge on any atom is 0.280 e. The molecule has 0 unspecified atom stereocenters. The summed E-state index contributed by atoms with van der Waals surface area (Å²) < 4.78 is 42.6. The van der Waals surface area contributed by atoms with Gasteiger partial charge in [0.15, 0.2) is 5.82 Å². The van der Waals surface area contributed by atoms with Gasteiger partial charge in [-0.1, -0.05) is 18.5 Å². The molecule has 1 fully saturated rings. The first-order valence-electron chi connectivity index (χ1n) is 9.37. The van der Waals surface area contributed by atoms with E-state index in [1.807, 2.05) is 6.92 Å². The third-order valence-corrected chi connectivity index (χ3v) is 5.66. The van der Waals surface area contributed by atoms with Gasteiger partial charge in [-0.2, -0.15) is 10.1 Å². The van der Waals surface area contributed by atoms with Gasteiger partial charge in [-0.25, -0.2) is 27.7 Å². The second-order valence-corrected chi connectivity index (χ2v) is 7.78. The van der Waals surface area contributed by atoms with Gasteiger partial charge in [0.05, 0.1) is 17.0 Å². The zero-order valence-electron chi connectivity index (χ0n) is 16.2. The number of amides is 1. The Labute approximate surface area is 174 Å². The molecular formula is C19H18ClF3N6O. The van der Waals surface area contributed by atoms with Crippen molar-refractivity contribution in [3.05, 3.63) is 52.1 Å². The normalized spacial score (nSPS) is 19.6. The molecule has 3 aromatic heterocycles. The number of carbonyl (C=O) groups excluding carboxylic acids is 1. The average Bonchev–Trinajstić information content (AvgIpc) is 3.18. The zero-order chi connectivity index (χ0) is 21.6. The second-order valence-electron chi connectivity index (χ2n) is 7.39. The first-order valence-corrected chi connectivity index (χ1v) is 9.74. The number of aryl methyl sites for hydroxylation is 1. The Morgan fingerprint density at radius 2 is 2.07 bits per heavy atom. The molecule has 0 aliphatic carbocycles. The number of halogens is 4. The first-order chi connectivity index (χ1) is 14.3. The molecule has 4 heterocycles. The number of pyridine rings is 1. The van der Waals surface area contributed by atoms with Crippen molar-refractivity contribution in [2.45, 2.75) is 32.6 Å². The van der Waals surface area contributed by atoms with Crippen LogP contribution in [0.3, 0.4) is 0 Å². The lowest BCUT2D eigenvalue weighted by atomic mass is 9.84. The molecule has 1 amide bonds. The van der Waals surface area contributed by atoms with Crippen LogP contribution in [0.15, 0.2) is 18.5 Å². The lowest BCUT2D eigenvalue weighted by molar-refractivity contribution is 0.0660. The van der Waals surface area contributed by atoms with E-state index in [0.717, 1.165) is 0 Å². The molecule has 0 N–H and O–H groups in total. The summed E-state index contributed by atoms with van der Waals surface area (Å²) >= 11 is 5.91. The summed E-state index contributed by atoms with van der Waals surface area (Å²) in [6.45, 7) is 4.03. The van der Waals surface area contributed by atoms with Crippen LogP contribution in [0.5, 0.6) is 0 Å². The van der Waals surface area contributed by atoms with Gasteiger partial charge in [0, 0.05) is 19.0 Å². The number of alkyl halides is 2. The molecule has 158 valence electrons. The predicted octanol–water partition coefficient (Wildman–Crippen LogP) is 3.82. The summed E-state index contributed by atoms with van der Waals surface area (Å²) in [6, 6.07) is 2.51. The molecule has 2 atom stereocenters. The highest BCUT2D eigenvalue weighted by Crippen LogP contribution is 2.34. The highest BCUT2D eigenvalue weighted by molar-refractivity contribution is 6.29. The number of hydrogen-bond acceptors (Lipinski definition) is 5. The second kappa shape index (κ2) is 7.82.